The Morgan fingerprint density at radius 3 is 2.53 bits per heavy atom. The molecule has 0 heterocycles. The molecule has 1 aliphatic rings. The van der Waals surface area contributed by atoms with E-state index in [-0.39, 0.29) is 30.4 Å². The number of rotatable bonds is 8. The molecule has 0 aliphatic heterocycles. The Bertz CT molecular complexity index is 1080. The van der Waals surface area contributed by atoms with Crippen LogP contribution in [0.2, 0.25) is 0 Å². The van der Waals surface area contributed by atoms with Gasteiger partial charge in [0.15, 0.2) is 0 Å². The van der Waals surface area contributed by atoms with Crippen molar-refractivity contribution in [3.05, 3.63) is 88.0 Å². The first-order valence-corrected chi connectivity index (χ1v) is 10.5. The van der Waals surface area contributed by atoms with E-state index >= 15 is 0 Å². The molecule has 0 saturated heterocycles. The second kappa shape index (κ2) is 10.5. The highest BCUT2D eigenvalue weighted by Crippen LogP contribution is 2.32. The van der Waals surface area contributed by atoms with Crippen LogP contribution in [0.1, 0.15) is 34.8 Å². The summed E-state index contributed by atoms with van der Waals surface area (Å²) < 4.78 is 31.1. The summed E-state index contributed by atoms with van der Waals surface area (Å²) in [6.45, 7) is 3.66. The summed E-state index contributed by atoms with van der Waals surface area (Å²) in [5.41, 5.74) is 2.02. The van der Waals surface area contributed by atoms with Crippen LogP contribution >= 0.6 is 11.6 Å². The Hall–Kier alpha value is -3.12. The maximum absolute atomic E-state index is 14.7. The molecule has 5 nitrogen and oxygen atoms in total. The zero-order valence-corrected chi connectivity index (χ0v) is 18.9. The molecular formula is C25H24ClFO5. The number of hydrogen-bond donors (Lipinski definition) is 0. The van der Waals surface area contributed by atoms with Gasteiger partial charge in [-0.25, -0.2) is 9.18 Å². The third-order valence-corrected chi connectivity index (χ3v) is 5.35. The molecule has 1 aliphatic carbocycles. The van der Waals surface area contributed by atoms with E-state index in [0.717, 1.165) is 11.6 Å². The third-order valence-electron chi connectivity index (χ3n) is 5.15. The fraction of sp³-hybridized carbons (Fsp3) is 0.280. The van der Waals surface area contributed by atoms with E-state index in [1.807, 2.05) is 37.3 Å². The maximum Gasteiger partial charge on any atom is 0.341 e. The van der Waals surface area contributed by atoms with Crippen molar-refractivity contribution in [2.75, 3.05) is 13.7 Å². The number of carbonyl (C=O) groups excluding carboxylic acids is 2. The van der Waals surface area contributed by atoms with Gasteiger partial charge in [0.25, 0.3) is 5.24 Å². The Labute approximate surface area is 191 Å². The van der Waals surface area contributed by atoms with Gasteiger partial charge in [0.05, 0.1) is 12.7 Å². The fourth-order valence-corrected chi connectivity index (χ4v) is 3.66. The van der Waals surface area contributed by atoms with Crippen LogP contribution in [0.4, 0.5) is 4.39 Å². The predicted molar refractivity (Wildman–Crippen MR) is 119 cm³/mol. The molecule has 0 amide bonds. The molecule has 32 heavy (non-hydrogen) atoms. The van der Waals surface area contributed by atoms with Crippen LogP contribution in [0.3, 0.4) is 0 Å². The summed E-state index contributed by atoms with van der Waals surface area (Å²) in [6, 6.07) is 11.7. The normalized spacial score (nSPS) is 15.8. The summed E-state index contributed by atoms with van der Waals surface area (Å²) in [4.78, 5) is 24.2. The van der Waals surface area contributed by atoms with E-state index in [9.17, 15) is 14.0 Å². The largest absolute Gasteiger partial charge is 0.501 e. The van der Waals surface area contributed by atoms with Crippen molar-refractivity contribution in [3.63, 3.8) is 0 Å². The molecule has 0 N–H and O–H groups in total. The number of benzene rings is 2. The van der Waals surface area contributed by atoms with Crippen LogP contribution < -0.4 is 4.74 Å². The first kappa shape index (κ1) is 23.5. The van der Waals surface area contributed by atoms with Crippen LogP contribution in [0.15, 0.2) is 65.4 Å². The van der Waals surface area contributed by atoms with Crippen LogP contribution in [0, 0.1) is 18.7 Å². The SMILES string of the molecule is COC1=C(COc2cc(F)c(C(=O)OCc3ccccc3)cc2C)C(C(=O)Cl)=CC(C)C1. The molecule has 2 aromatic carbocycles. The molecule has 0 fully saturated rings. The minimum Gasteiger partial charge on any atom is -0.501 e. The Kier molecular flexibility index (Phi) is 7.70. The Morgan fingerprint density at radius 1 is 1.16 bits per heavy atom. The minimum absolute atomic E-state index is 0.0295. The van der Waals surface area contributed by atoms with Gasteiger partial charge >= 0.3 is 5.97 Å². The summed E-state index contributed by atoms with van der Waals surface area (Å²) >= 11 is 5.74. The Balaban J connectivity index is 1.74. The van der Waals surface area contributed by atoms with Gasteiger partial charge in [-0.2, -0.15) is 0 Å². The van der Waals surface area contributed by atoms with E-state index in [1.165, 1.54) is 13.2 Å². The number of carbonyl (C=O) groups is 2. The molecule has 0 bridgehead atoms. The van der Waals surface area contributed by atoms with Crippen molar-refractivity contribution >= 4 is 22.8 Å². The van der Waals surface area contributed by atoms with E-state index in [2.05, 4.69) is 0 Å². The lowest BCUT2D eigenvalue weighted by atomic mass is 9.91. The quantitative estimate of drug-likeness (QED) is 0.386. The molecular weight excluding hydrogens is 435 g/mol. The molecule has 168 valence electrons. The van der Waals surface area contributed by atoms with E-state index in [0.29, 0.717) is 28.9 Å². The predicted octanol–water partition coefficient (Wildman–Crippen LogP) is 5.50. The number of aryl methyl sites for hydroxylation is 1. The van der Waals surface area contributed by atoms with Gasteiger partial charge in [-0.3, -0.25) is 4.79 Å². The lowest BCUT2D eigenvalue weighted by Gasteiger charge is -2.23. The highest BCUT2D eigenvalue weighted by Gasteiger charge is 2.25. The van der Waals surface area contributed by atoms with Crippen LogP contribution in [0.25, 0.3) is 0 Å². The number of ether oxygens (including phenoxy) is 3. The summed E-state index contributed by atoms with van der Waals surface area (Å²) in [7, 11) is 1.52. The second-order valence-corrected chi connectivity index (χ2v) is 7.93. The van der Waals surface area contributed by atoms with Gasteiger partial charge in [0.1, 0.15) is 30.5 Å². The molecule has 1 unspecified atom stereocenters. The zero-order valence-electron chi connectivity index (χ0n) is 18.1. The summed E-state index contributed by atoms with van der Waals surface area (Å²) in [5.74, 6) is -0.587. The van der Waals surface area contributed by atoms with E-state index in [1.54, 1.807) is 13.0 Å². The number of hydrogen-bond acceptors (Lipinski definition) is 5. The van der Waals surface area contributed by atoms with E-state index < -0.39 is 17.0 Å². The highest BCUT2D eigenvalue weighted by atomic mass is 35.5. The van der Waals surface area contributed by atoms with Gasteiger partial charge in [0, 0.05) is 23.6 Å². The Morgan fingerprint density at radius 2 is 1.88 bits per heavy atom. The lowest BCUT2D eigenvalue weighted by molar-refractivity contribution is -0.108. The number of halogens is 2. The van der Waals surface area contributed by atoms with Gasteiger partial charge in [-0.15, -0.1) is 0 Å². The topological polar surface area (TPSA) is 61.8 Å². The van der Waals surface area contributed by atoms with Gasteiger partial charge < -0.3 is 14.2 Å². The number of allylic oxidation sites excluding steroid dienone is 2. The van der Waals surface area contributed by atoms with Crippen molar-refractivity contribution in [2.24, 2.45) is 5.92 Å². The van der Waals surface area contributed by atoms with Crippen molar-refractivity contribution in [1.82, 2.24) is 0 Å². The smallest absolute Gasteiger partial charge is 0.341 e. The lowest BCUT2D eigenvalue weighted by Crippen LogP contribution is -2.18. The van der Waals surface area contributed by atoms with Gasteiger partial charge in [0.2, 0.25) is 0 Å². The molecule has 0 saturated carbocycles. The molecule has 1 atom stereocenters. The first-order chi connectivity index (χ1) is 15.3. The molecule has 7 heteroatoms. The second-order valence-electron chi connectivity index (χ2n) is 7.59. The highest BCUT2D eigenvalue weighted by molar-refractivity contribution is 6.68. The maximum atomic E-state index is 14.7. The standard InChI is InChI=1S/C25H24ClFO5/c1-15-9-18(24(26)28)20(23(10-15)30-3)14-31-22-12-21(27)19(11-16(22)2)25(29)32-13-17-7-5-4-6-8-17/h4-9,11-12,15H,10,13-14H2,1-3H3. The van der Waals surface area contributed by atoms with E-state index in [4.69, 9.17) is 25.8 Å². The molecule has 0 spiro atoms. The molecule has 3 rings (SSSR count). The van der Waals surface area contributed by atoms with Crippen molar-refractivity contribution in [2.45, 2.75) is 26.9 Å². The fourth-order valence-electron chi connectivity index (χ4n) is 3.48. The van der Waals surface area contributed by atoms with Gasteiger partial charge in [-0.1, -0.05) is 43.3 Å². The molecule has 0 aromatic heterocycles. The van der Waals surface area contributed by atoms with Crippen molar-refractivity contribution in [3.8, 4) is 5.75 Å². The third kappa shape index (κ3) is 5.56. The van der Waals surface area contributed by atoms with Crippen molar-refractivity contribution < 1.29 is 28.2 Å². The molecule has 2 aromatic rings. The summed E-state index contributed by atoms with van der Waals surface area (Å²) in [6.07, 6.45) is 2.37. The number of methoxy groups -OCH3 is 1. The van der Waals surface area contributed by atoms with Gasteiger partial charge in [-0.05, 0) is 41.6 Å². The minimum atomic E-state index is -0.760. The monoisotopic (exact) mass is 458 g/mol. The zero-order chi connectivity index (χ0) is 23.3. The van der Waals surface area contributed by atoms with Crippen molar-refractivity contribution in [1.29, 1.82) is 0 Å². The number of esters is 1. The van der Waals surface area contributed by atoms with Crippen LogP contribution in [-0.2, 0) is 20.9 Å². The summed E-state index contributed by atoms with van der Waals surface area (Å²) in [5, 5.41) is -0.607. The first-order valence-electron chi connectivity index (χ1n) is 10.1. The van der Waals surface area contributed by atoms with Crippen LogP contribution in [-0.4, -0.2) is 24.9 Å². The molecule has 0 radical (unpaired) electrons. The van der Waals surface area contributed by atoms with Crippen LogP contribution in [0.5, 0.6) is 5.75 Å². The average Bonchev–Trinajstić information content (AvgIpc) is 2.78. The average molecular weight is 459 g/mol.